The molecule has 3 fully saturated rings. The average Bonchev–Trinajstić information content (AvgIpc) is 2.51. The molecule has 74 valence electrons. The third-order valence-electron chi connectivity index (χ3n) is 4.12. The van der Waals surface area contributed by atoms with Gasteiger partial charge in [0, 0.05) is 6.54 Å². The second-order valence-electron chi connectivity index (χ2n) is 5.02. The lowest BCUT2D eigenvalue weighted by molar-refractivity contribution is -0.228. The first kappa shape index (κ1) is 8.25. The van der Waals surface area contributed by atoms with Crippen LogP contribution in [0.3, 0.4) is 0 Å². The molecule has 2 saturated carbocycles. The lowest BCUT2D eigenvalue weighted by Crippen LogP contribution is -2.60. The molecule has 13 heavy (non-hydrogen) atoms. The number of hydrogen-bond acceptors (Lipinski definition) is 2. The summed E-state index contributed by atoms with van der Waals surface area (Å²) < 4.78 is 6.35. The predicted octanol–water partition coefficient (Wildman–Crippen LogP) is 2.19. The van der Waals surface area contributed by atoms with E-state index in [9.17, 15) is 0 Å². The monoisotopic (exact) mass is 181 g/mol. The average molecular weight is 181 g/mol. The number of ether oxygens (including phenoxy) is 1. The molecule has 1 heterocycles. The lowest BCUT2D eigenvalue weighted by atomic mass is 9.76. The molecule has 2 spiro atoms. The van der Waals surface area contributed by atoms with Gasteiger partial charge >= 0.3 is 0 Å². The van der Waals surface area contributed by atoms with Gasteiger partial charge in [0.25, 0.3) is 0 Å². The molecular formula is C11H19NO. The van der Waals surface area contributed by atoms with Gasteiger partial charge in [-0.05, 0) is 51.4 Å². The van der Waals surface area contributed by atoms with E-state index >= 15 is 0 Å². The maximum atomic E-state index is 6.35. The summed E-state index contributed by atoms with van der Waals surface area (Å²) in [7, 11) is 0. The van der Waals surface area contributed by atoms with Gasteiger partial charge in [-0.2, -0.15) is 0 Å². The Bertz CT molecular complexity index is 204. The predicted molar refractivity (Wildman–Crippen MR) is 51.5 cm³/mol. The third kappa shape index (κ3) is 1.23. The van der Waals surface area contributed by atoms with E-state index in [1.54, 1.807) is 0 Å². The van der Waals surface area contributed by atoms with E-state index in [0.29, 0.717) is 5.60 Å². The van der Waals surface area contributed by atoms with Crippen LogP contribution in [0.4, 0.5) is 0 Å². The van der Waals surface area contributed by atoms with E-state index in [-0.39, 0.29) is 5.72 Å². The standard InChI is InChI=1S/C11H19NO/c1-2-7-11(6-1)12-9-8-10(13-11)4-3-5-10/h12H,1-9H2. The zero-order chi connectivity index (χ0) is 8.78. The fourth-order valence-electron chi connectivity index (χ4n) is 3.17. The minimum Gasteiger partial charge on any atom is -0.354 e. The van der Waals surface area contributed by atoms with E-state index in [1.807, 2.05) is 0 Å². The van der Waals surface area contributed by atoms with Crippen molar-refractivity contribution >= 4 is 0 Å². The van der Waals surface area contributed by atoms with Crippen molar-refractivity contribution in [3.05, 3.63) is 0 Å². The molecule has 0 radical (unpaired) electrons. The number of rotatable bonds is 0. The van der Waals surface area contributed by atoms with Crippen LogP contribution >= 0.6 is 0 Å². The first-order chi connectivity index (χ1) is 6.33. The summed E-state index contributed by atoms with van der Waals surface area (Å²) in [5, 5.41) is 3.60. The summed E-state index contributed by atoms with van der Waals surface area (Å²) in [6, 6.07) is 0. The summed E-state index contributed by atoms with van der Waals surface area (Å²) in [5.74, 6) is 0. The normalized spacial score (nSPS) is 35.1. The molecule has 1 saturated heterocycles. The van der Waals surface area contributed by atoms with Gasteiger partial charge in [0.2, 0.25) is 0 Å². The minimum atomic E-state index is 0.110. The molecule has 3 aliphatic rings. The van der Waals surface area contributed by atoms with E-state index < -0.39 is 0 Å². The van der Waals surface area contributed by atoms with Gasteiger partial charge in [-0.15, -0.1) is 0 Å². The zero-order valence-electron chi connectivity index (χ0n) is 8.27. The van der Waals surface area contributed by atoms with Crippen LogP contribution in [0, 0.1) is 0 Å². The lowest BCUT2D eigenvalue weighted by Gasteiger charge is -2.52. The van der Waals surface area contributed by atoms with E-state index in [2.05, 4.69) is 5.32 Å². The van der Waals surface area contributed by atoms with Crippen molar-refractivity contribution in [3.8, 4) is 0 Å². The smallest absolute Gasteiger partial charge is 0.119 e. The molecule has 0 aromatic heterocycles. The number of nitrogens with one attached hydrogen (secondary N) is 1. The molecule has 0 atom stereocenters. The van der Waals surface area contributed by atoms with Gasteiger partial charge < -0.3 is 4.74 Å². The third-order valence-corrected chi connectivity index (χ3v) is 4.12. The van der Waals surface area contributed by atoms with Crippen molar-refractivity contribution in [2.45, 2.75) is 62.7 Å². The van der Waals surface area contributed by atoms with Crippen molar-refractivity contribution in [1.29, 1.82) is 0 Å². The van der Waals surface area contributed by atoms with Crippen LogP contribution in [-0.2, 0) is 4.74 Å². The van der Waals surface area contributed by atoms with E-state index in [1.165, 1.54) is 57.9 Å². The molecule has 3 rings (SSSR count). The minimum absolute atomic E-state index is 0.110. The maximum absolute atomic E-state index is 6.35. The molecule has 0 aromatic carbocycles. The van der Waals surface area contributed by atoms with Crippen molar-refractivity contribution in [3.63, 3.8) is 0 Å². The summed E-state index contributed by atoms with van der Waals surface area (Å²) in [6.45, 7) is 1.18. The van der Waals surface area contributed by atoms with Crippen molar-refractivity contribution < 1.29 is 4.74 Å². The van der Waals surface area contributed by atoms with Gasteiger partial charge in [-0.1, -0.05) is 0 Å². The summed E-state index contributed by atoms with van der Waals surface area (Å²) in [5.41, 5.74) is 0.425. The molecule has 1 aliphatic heterocycles. The fourth-order valence-corrected chi connectivity index (χ4v) is 3.17. The van der Waals surface area contributed by atoms with Crippen molar-refractivity contribution in [2.75, 3.05) is 6.54 Å². The van der Waals surface area contributed by atoms with Gasteiger partial charge in [0.1, 0.15) is 5.72 Å². The topological polar surface area (TPSA) is 21.3 Å². The highest BCUT2D eigenvalue weighted by molar-refractivity contribution is 4.99. The molecular weight excluding hydrogens is 162 g/mol. The molecule has 2 aliphatic carbocycles. The molecule has 2 nitrogen and oxygen atoms in total. The van der Waals surface area contributed by atoms with Crippen LogP contribution in [0.5, 0.6) is 0 Å². The molecule has 0 aromatic rings. The van der Waals surface area contributed by atoms with Crippen LogP contribution in [0.15, 0.2) is 0 Å². The Balaban J connectivity index is 1.76. The Morgan fingerprint density at radius 2 is 1.62 bits per heavy atom. The van der Waals surface area contributed by atoms with E-state index in [4.69, 9.17) is 4.74 Å². The van der Waals surface area contributed by atoms with Crippen molar-refractivity contribution in [1.82, 2.24) is 5.32 Å². The Morgan fingerprint density at radius 3 is 2.23 bits per heavy atom. The van der Waals surface area contributed by atoms with Crippen LogP contribution in [0.1, 0.15) is 51.4 Å². The second kappa shape index (κ2) is 2.71. The highest BCUT2D eigenvalue weighted by Crippen LogP contribution is 2.47. The Morgan fingerprint density at radius 1 is 0.846 bits per heavy atom. The SMILES string of the molecule is C1CC2(C1)CCNC1(CCCC1)O2. The second-order valence-corrected chi connectivity index (χ2v) is 5.02. The Kier molecular flexibility index (Phi) is 1.72. The summed E-state index contributed by atoms with van der Waals surface area (Å²) in [6.07, 6.45) is 10.5. The first-order valence-electron chi connectivity index (χ1n) is 5.78. The van der Waals surface area contributed by atoms with Crippen LogP contribution < -0.4 is 5.32 Å². The quantitative estimate of drug-likeness (QED) is 0.618. The fraction of sp³-hybridized carbons (Fsp3) is 1.00. The van der Waals surface area contributed by atoms with Gasteiger partial charge in [-0.25, -0.2) is 0 Å². The summed E-state index contributed by atoms with van der Waals surface area (Å²) >= 11 is 0. The van der Waals surface area contributed by atoms with Gasteiger partial charge in [0.15, 0.2) is 0 Å². The first-order valence-corrected chi connectivity index (χ1v) is 5.78. The highest BCUT2D eigenvalue weighted by Gasteiger charge is 2.49. The van der Waals surface area contributed by atoms with Crippen LogP contribution in [0.25, 0.3) is 0 Å². The molecule has 2 heteroatoms. The molecule has 0 unspecified atom stereocenters. The molecule has 0 bridgehead atoms. The number of hydrogen-bond donors (Lipinski definition) is 1. The summed E-state index contributed by atoms with van der Waals surface area (Å²) in [4.78, 5) is 0. The van der Waals surface area contributed by atoms with Gasteiger partial charge in [-0.3, -0.25) is 5.32 Å². The molecule has 0 amide bonds. The highest BCUT2D eigenvalue weighted by atomic mass is 16.5. The van der Waals surface area contributed by atoms with Crippen LogP contribution in [-0.4, -0.2) is 17.9 Å². The maximum Gasteiger partial charge on any atom is 0.119 e. The van der Waals surface area contributed by atoms with E-state index in [0.717, 1.165) is 0 Å². The Hall–Kier alpha value is -0.0800. The van der Waals surface area contributed by atoms with Gasteiger partial charge in [0.05, 0.1) is 5.60 Å². The largest absolute Gasteiger partial charge is 0.354 e. The van der Waals surface area contributed by atoms with Crippen LogP contribution in [0.2, 0.25) is 0 Å². The molecule has 1 N–H and O–H groups in total. The van der Waals surface area contributed by atoms with Crippen molar-refractivity contribution in [2.24, 2.45) is 0 Å². The Labute approximate surface area is 80.0 Å². The zero-order valence-corrected chi connectivity index (χ0v) is 8.27.